The summed E-state index contributed by atoms with van der Waals surface area (Å²) < 4.78 is 15.6. The highest BCUT2D eigenvalue weighted by Crippen LogP contribution is 2.24. The van der Waals surface area contributed by atoms with Crippen molar-refractivity contribution in [1.82, 2.24) is 14.8 Å². The molecule has 96 valence electrons. The molecule has 1 N–H and O–H groups in total. The van der Waals surface area contributed by atoms with Gasteiger partial charge in [0.25, 0.3) is 0 Å². The Morgan fingerprint density at radius 3 is 2.78 bits per heavy atom. The summed E-state index contributed by atoms with van der Waals surface area (Å²) in [5.74, 6) is 0.396. The van der Waals surface area contributed by atoms with Gasteiger partial charge in [-0.3, -0.25) is 0 Å². The molecule has 0 fully saturated rings. The van der Waals surface area contributed by atoms with Crippen molar-refractivity contribution in [2.24, 2.45) is 0 Å². The highest BCUT2D eigenvalue weighted by atomic mass is 35.5. The number of aromatic nitrogens is 3. The standard InChI is InChI=1S/C12H13ClFN3O/c1-2-5-17-11(7-18)15-16-12(17)9-4-3-8(13)6-10(9)14/h3-4,6,18H,2,5,7H2,1H3. The first-order valence-electron chi connectivity index (χ1n) is 5.65. The van der Waals surface area contributed by atoms with E-state index >= 15 is 0 Å². The number of aliphatic hydroxyl groups is 1. The maximum Gasteiger partial charge on any atom is 0.166 e. The first-order chi connectivity index (χ1) is 8.67. The predicted molar refractivity (Wildman–Crippen MR) is 66.6 cm³/mol. The minimum atomic E-state index is -0.447. The molecule has 0 aliphatic carbocycles. The van der Waals surface area contributed by atoms with Gasteiger partial charge in [-0.25, -0.2) is 4.39 Å². The first kappa shape index (κ1) is 13.0. The molecule has 4 nitrogen and oxygen atoms in total. The van der Waals surface area contributed by atoms with Crippen molar-refractivity contribution in [2.75, 3.05) is 0 Å². The van der Waals surface area contributed by atoms with E-state index in [-0.39, 0.29) is 6.61 Å². The van der Waals surface area contributed by atoms with E-state index in [2.05, 4.69) is 10.2 Å². The zero-order valence-electron chi connectivity index (χ0n) is 9.90. The van der Waals surface area contributed by atoms with Gasteiger partial charge in [0.05, 0.1) is 5.56 Å². The van der Waals surface area contributed by atoms with Gasteiger partial charge >= 0.3 is 0 Å². The van der Waals surface area contributed by atoms with Gasteiger partial charge in [0, 0.05) is 11.6 Å². The fourth-order valence-electron chi connectivity index (χ4n) is 1.78. The van der Waals surface area contributed by atoms with Gasteiger partial charge in [0.2, 0.25) is 0 Å². The van der Waals surface area contributed by atoms with Gasteiger partial charge in [0.15, 0.2) is 11.6 Å². The molecular weight excluding hydrogens is 257 g/mol. The van der Waals surface area contributed by atoms with E-state index in [1.807, 2.05) is 6.92 Å². The number of nitrogens with zero attached hydrogens (tertiary/aromatic N) is 3. The minimum Gasteiger partial charge on any atom is -0.388 e. The van der Waals surface area contributed by atoms with E-state index in [1.165, 1.54) is 6.07 Å². The quantitative estimate of drug-likeness (QED) is 0.928. The molecule has 2 rings (SSSR count). The molecule has 1 heterocycles. The Labute approximate surface area is 109 Å². The summed E-state index contributed by atoms with van der Waals surface area (Å²) >= 11 is 5.72. The molecule has 2 aromatic rings. The van der Waals surface area contributed by atoms with Gasteiger partial charge in [-0.15, -0.1) is 10.2 Å². The van der Waals surface area contributed by atoms with E-state index in [9.17, 15) is 9.50 Å². The lowest BCUT2D eigenvalue weighted by Crippen LogP contribution is -2.05. The zero-order chi connectivity index (χ0) is 13.1. The molecule has 0 saturated carbocycles. The second-order valence-electron chi connectivity index (χ2n) is 3.87. The summed E-state index contributed by atoms with van der Waals surface area (Å²) in [4.78, 5) is 0. The van der Waals surface area contributed by atoms with Gasteiger partial charge in [-0.2, -0.15) is 0 Å². The number of hydrogen-bond acceptors (Lipinski definition) is 3. The van der Waals surface area contributed by atoms with Crippen LogP contribution >= 0.6 is 11.6 Å². The van der Waals surface area contributed by atoms with Crippen LogP contribution in [0.3, 0.4) is 0 Å². The number of halogens is 2. The Bertz CT molecular complexity index is 556. The maximum atomic E-state index is 13.8. The second kappa shape index (κ2) is 5.46. The summed E-state index contributed by atoms with van der Waals surface area (Å²) in [6.45, 7) is 2.39. The third-order valence-corrected chi connectivity index (χ3v) is 2.82. The van der Waals surface area contributed by atoms with Crippen molar-refractivity contribution in [2.45, 2.75) is 26.5 Å². The monoisotopic (exact) mass is 269 g/mol. The van der Waals surface area contributed by atoms with E-state index in [0.29, 0.717) is 28.8 Å². The topological polar surface area (TPSA) is 50.9 Å². The van der Waals surface area contributed by atoms with Gasteiger partial charge < -0.3 is 9.67 Å². The van der Waals surface area contributed by atoms with Crippen molar-refractivity contribution in [3.63, 3.8) is 0 Å². The van der Waals surface area contributed by atoms with Crippen LogP contribution in [0.1, 0.15) is 19.2 Å². The van der Waals surface area contributed by atoms with Crippen LogP contribution in [0.4, 0.5) is 4.39 Å². The Kier molecular flexibility index (Phi) is 3.93. The molecule has 0 radical (unpaired) electrons. The lowest BCUT2D eigenvalue weighted by molar-refractivity contribution is 0.264. The van der Waals surface area contributed by atoms with E-state index < -0.39 is 5.82 Å². The normalized spacial score (nSPS) is 10.9. The van der Waals surface area contributed by atoms with Crippen molar-refractivity contribution in [1.29, 1.82) is 0 Å². The van der Waals surface area contributed by atoms with E-state index in [0.717, 1.165) is 6.42 Å². The Balaban J connectivity index is 2.52. The summed E-state index contributed by atoms with van der Waals surface area (Å²) in [5, 5.41) is 17.3. The average molecular weight is 270 g/mol. The van der Waals surface area contributed by atoms with Crippen LogP contribution in [0.25, 0.3) is 11.4 Å². The first-order valence-corrected chi connectivity index (χ1v) is 6.03. The highest BCUT2D eigenvalue weighted by molar-refractivity contribution is 6.30. The number of benzene rings is 1. The number of rotatable bonds is 4. The molecule has 0 saturated heterocycles. The maximum absolute atomic E-state index is 13.8. The van der Waals surface area contributed by atoms with Crippen LogP contribution in [-0.4, -0.2) is 19.9 Å². The Morgan fingerprint density at radius 1 is 1.39 bits per heavy atom. The van der Waals surface area contributed by atoms with Crippen LogP contribution in [0.5, 0.6) is 0 Å². The summed E-state index contributed by atoms with van der Waals surface area (Å²) in [6.07, 6.45) is 0.841. The molecule has 18 heavy (non-hydrogen) atoms. The van der Waals surface area contributed by atoms with Crippen LogP contribution in [0, 0.1) is 5.82 Å². The molecular formula is C12H13ClFN3O. The van der Waals surface area contributed by atoms with Gasteiger partial charge in [0.1, 0.15) is 12.4 Å². The molecule has 0 spiro atoms. The fraction of sp³-hybridized carbons (Fsp3) is 0.333. The van der Waals surface area contributed by atoms with Crippen LogP contribution in [-0.2, 0) is 13.2 Å². The largest absolute Gasteiger partial charge is 0.388 e. The molecule has 0 aliphatic heterocycles. The van der Waals surface area contributed by atoms with Crippen molar-refractivity contribution < 1.29 is 9.50 Å². The van der Waals surface area contributed by atoms with Crippen molar-refractivity contribution in [3.05, 3.63) is 34.9 Å². The third kappa shape index (κ3) is 2.37. The SMILES string of the molecule is CCCn1c(CO)nnc1-c1ccc(Cl)cc1F. The highest BCUT2D eigenvalue weighted by Gasteiger charge is 2.16. The predicted octanol–water partition coefficient (Wildman–Crippen LogP) is 2.64. The van der Waals surface area contributed by atoms with E-state index in [4.69, 9.17) is 11.6 Å². The molecule has 0 amide bonds. The Hall–Kier alpha value is -1.46. The minimum absolute atomic E-state index is 0.220. The third-order valence-electron chi connectivity index (χ3n) is 2.59. The summed E-state index contributed by atoms with van der Waals surface area (Å²) in [6, 6.07) is 4.40. The average Bonchev–Trinajstić information content (AvgIpc) is 2.73. The summed E-state index contributed by atoms with van der Waals surface area (Å²) in [5.41, 5.74) is 0.333. The lowest BCUT2D eigenvalue weighted by atomic mass is 10.2. The van der Waals surface area contributed by atoms with Crippen molar-refractivity contribution in [3.8, 4) is 11.4 Å². The molecule has 0 bridgehead atoms. The molecule has 0 atom stereocenters. The fourth-order valence-corrected chi connectivity index (χ4v) is 1.94. The molecule has 0 unspecified atom stereocenters. The Morgan fingerprint density at radius 2 is 2.17 bits per heavy atom. The van der Waals surface area contributed by atoms with E-state index in [1.54, 1.807) is 16.7 Å². The van der Waals surface area contributed by atoms with Crippen LogP contribution in [0.2, 0.25) is 5.02 Å². The molecule has 6 heteroatoms. The summed E-state index contributed by atoms with van der Waals surface area (Å²) in [7, 11) is 0. The van der Waals surface area contributed by atoms with Crippen LogP contribution < -0.4 is 0 Å². The number of hydrogen-bond donors (Lipinski definition) is 1. The van der Waals surface area contributed by atoms with Gasteiger partial charge in [-0.05, 0) is 24.6 Å². The number of aliphatic hydroxyl groups excluding tert-OH is 1. The van der Waals surface area contributed by atoms with Crippen molar-refractivity contribution >= 4 is 11.6 Å². The lowest BCUT2D eigenvalue weighted by Gasteiger charge is -2.08. The zero-order valence-corrected chi connectivity index (χ0v) is 10.7. The molecule has 1 aromatic heterocycles. The van der Waals surface area contributed by atoms with Crippen LogP contribution in [0.15, 0.2) is 18.2 Å². The molecule has 0 aliphatic rings. The second-order valence-corrected chi connectivity index (χ2v) is 4.31. The molecule has 1 aromatic carbocycles. The smallest absolute Gasteiger partial charge is 0.166 e. The van der Waals surface area contributed by atoms with Gasteiger partial charge in [-0.1, -0.05) is 18.5 Å².